The van der Waals surface area contributed by atoms with Gasteiger partial charge in [0.25, 0.3) is 0 Å². The molecule has 3 aromatic heterocycles. The smallest absolute Gasteiger partial charge is 0.141 e. The van der Waals surface area contributed by atoms with Gasteiger partial charge in [0.2, 0.25) is 0 Å². The van der Waals surface area contributed by atoms with E-state index in [1.165, 1.54) is 11.3 Å². The monoisotopic (exact) mass is 571 g/mol. The molecule has 7 nitrogen and oxygen atoms in total. The summed E-state index contributed by atoms with van der Waals surface area (Å²) in [6.45, 7) is 2.84. The number of nitrogens with zero attached hydrogens (tertiary/aromatic N) is 4. The van der Waals surface area contributed by atoms with Crippen LogP contribution in [0.5, 0.6) is 11.5 Å². The number of halogens is 4. The van der Waals surface area contributed by atoms with Crippen molar-refractivity contribution < 1.29 is 9.47 Å². The third-order valence-corrected chi connectivity index (χ3v) is 6.39. The molecule has 0 saturated carbocycles. The maximum absolute atomic E-state index is 6.37. The van der Waals surface area contributed by atoms with Crippen molar-refractivity contribution in [3.05, 3.63) is 71.8 Å². The molecule has 1 N–H and O–H groups in total. The molecule has 1 aliphatic heterocycles. The maximum atomic E-state index is 6.37. The Bertz CT molecular complexity index is 1270. The number of benzene rings is 1. The molecule has 5 rings (SSSR count). The summed E-state index contributed by atoms with van der Waals surface area (Å²) in [5.74, 6) is 1.24. The molecule has 0 radical (unpaired) electrons. The third kappa shape index (κ3) is 6.28. The molecule has 1 aromatic carbocycles. The van der Waals surface area contributed by atoms with Crippen molar-refractivity contribution in [1.29, 1.82) is 0 Å². The van der Waals surface area contributed by atoms with E-state index in [0.717, 1.165) is 43.0 Å². The fourth-order valence-electron chi connectivity index (χ4n) is 4.28. The van der Waals surface area contributed by atoms with Crippen molar-refractivity contribution in [2.75, 3.05) is 32.2 Å². The number of anilines is 1. The highest BCUT2D eigenvalue weighted by atomic mass is 35.5. The second-order valence-corrected chi connectivity index (χ2v) is 8.54. The molecule has 0 aliphatic carbocycles. The molecular formula is C25H29Cl4N5O2. The van der Waals surface area contributed by atoms with Crippen molar-refractivity contribution in [2.24, 2.45) is 0 Å². The zero-order valence-electron chi connectivity index (χ0n) is 19.9. The van der Waals surface area contributed by atoms with Gasteiger partial charge in [-0.05, 0) is 36.2 Å². The minimum absolute atomic E-state index is 0. The van der Waals surface area contributed by atoms with Crippen LogP contribution in [-0.4, -0.2) is 47.7 Å². The predicted octanol–water partition coefficient (Wildman–Crippen LogP) is 5.70. The highest BCUT2D eigenvalue weighted by molar-refractivity contribution is 6.32. The molecule has 1 unspecified atom stereocenters. The number of aromatic nitrogens is 3. The Morgan fingerprint density at radius 1 is 1.03 bits per heavy atom. The molecule has 4 aromatic rings. The van der Waals surface area contributed by atoms with Crippen LogP contribution >= 0.6 is 48.8 Å². The Hall–Kier alpha value is -2.42. The molecule has 11 heteroatoms. The van der Waals surface area contributed by atoms with Crippen LogP contribution in [-0.2, 0) is 6.54 Å². The van der Waals surface area contributed by atoms with E-state index in [1.807, 2.05) is 29.1 Å². The fourth-order valence-corrected chi connectivity index (χ4v) is 4.52. The van der Waals surface area contributed by atoms with Crippen LogP contribution in [0, 0.1) is 0 Å². The average molecular weight is 573 g/mol. The zero-order valence-corrected chi connectivity index (χ0v) is 23.1. The van der Waals surface area contributed by atoms with E-state index in [4.69, 9.17) is 26.1 Å². The lowest BCUT2D eigenvalue weighted by atomic mass is 10.1. The summed E-state index contributed by atoms with van der Waals surface area (Å²) in [6, 6.07) is 12.4. The van der Waals surface area contributed by atoms with Gasteiger partial charge in [-0.15, -0.1) is 37.2 Å². The highest BCUT2D eigenvalue weighted by Crippen LogP contribution is 2.38. The van der Waals surface area contributed by atoms with Gasteiger partial charge in [0.1, 0.15) is 17.1 Å². The van der Waals surface area contributed by atoms with E-state index < -0.39 is 0 Å². The summed E-state index contributed by atoms with van der Waals surface area (Å²) >= 11 is 6.37. The number of imidazole rings is 1. The van der Waals surface area contributed by atoms with E-state index in [9.17, 15) is 0 Å². The second-order valence-electron chi connectivity index (χ2n) is 8.13. The first kappa shape index (κ1) is 29.8. The van der Waals surface area contributed by atoms with E-state index in [1.54, 1.807) is 20.3 Å². The molecule has 1 saturated heterocycles. The number of fused-ring (bicyclic) bond motifs is 1. The van der Waals surface area contributed by atoms with Gasteiger partial charge in [-0.25, -0.2) is 4.98 Å². The molecule has 194 valence electrons. The number of pyridine rings is 2. The number of nitrogens with one attached hydrogen (secondary N) is 1. The van der Waals surface area contributed by atoms with Crippen LogP contribution in [0.3, 0.4) is 0 Å². The molecule has 0 spiro atoms. The summed E-state index contributed by atoms with van der Waals surface area (Å²) in [7, 11) is 3.22. The topological polar surface area (TPSA) is 63.9 Å². The van der Waals surface area contributed by atoms with Gasteiger partial charge < -0.3 is 24.1 Å². The molecule has 1 atom stereocenters. The van der Waals surface area contributed by atoms with Gasteiger partial charge in [0.05, 0.1) is 24.9 Å². The second kappa shape index (κ2) is 13.2. The minimum atomic E-state index is 0. The van der Waals surface area contributed by atoms with E-state index in [2.05, 4.69) is 45.7 Å². The number of hydrogen-bond acceptors (Lipinski definition) is 6. The van der Waals surface area contributed by atoms with Crippen LogP contribution in [0.2, 0.25) is 5.02 Å². The van der Waals surface area contributed by atoms with Crippen molar-refractivity contribution in [3.8, 4) is 22.8 Å². The van der Waals surface area contributed by atoms with Crippen molar-refractivity contribution >= 4 is 60.2 Å². The third-order valence-electron chi connectivity index (χ3n) is 6.09. The van der Waals surface area contributed by atoms with Crippen LogP contribution in [0.4, 0.5) is 5.69 Å². The standard InChI is InChI=1S/C25H26ClN5O2.3ClH/c1-32-23-13-24(33-2)21(26)12-20(23)22-16-31-10-6-19(11-25(31)29-22)30-9-5-18(15-30)28-14-17-3-7-27-8-4-17;;;/h3-4,6-8,10-13,16,18,28H,5,9,14-15H2,1-2H3;3*1H. The lowest BCUT2D eigenvalue weighted by molar-refractivity contribution is 0.395. The summed E-state index contributed by atoms with van der Waals surface area (Å²) in [5, 5.41) is 4.18. The Morgan fingerprint density at radius 2 is 1.78 bits per heavy atom. The molecule has 4 heterocycles. The van der Waals surface area contributed by atoms with Crippen LogP contribution in [0.25, 0.3) is 16.9 Å². The highest BCUT2D eigenvalue weighted by Gasteiger charge is 2.23. The molecule has 1 fully saturated rings. The van der Waals surface area contributed by atoms with E-state index >= 15 is 0 Å². The van der Waals surface area contributed by atoms with Crippen LogP contribution in [0.15, 0.2) is 61.2 Å². The lowest BCUT2D eigenvalue weighted by Crippen LogP contribution is -2.32. The molecular weight excluding hydrogens is 544 g/mol. The zero-order chi connectivity index (χ0) is 22.8. The van der Waals surface area contributed by atoms with Gasteiger partial charge in [-0.3, -0.25) is 4.98 Å². The van der Waals surface area contributed by atoms with Gasteiger partial charge in [0.15, 0.2) is 0 Å². The summed E-state index contributed by atoms with van der Waals surface area (Å²) < 4.78 is 12.9. The number of ether oxygens (including phenoxy) is 2. The SMILES string of the molecule is COc1cc(OC)c(-c2cn3ccc(N4CCC(NCc5ccncc5)C4)cc3n2)cc1Cl.Cl.Cl.Cl. The van der Waals surface area contributed by atoms with Crippen molar-refractivity contribution in [3.63, 3.8) is 0 Å². The van der Waals surface area contributed by atoms with Gasteiger partial charge in [0, 0.05) is 73.8 Å². The van der Waals surface area contributed by atoms with Gasteiger partial charge >= 0.3 is 0 Å². The fraction of sp³-hybridized carbons (Fsp3) is 0.280. The predicted molar refractivity (Wildman–Crippen MR) is 152 cm³/mol. The Kier molecular flexibility index (Phi) is 10.9. The van der Waals surface area contributed by atoms with Gasteiger partial charge in [-0.1, -0.05) is 11.6 Å². The molecule has 0 amide bonds. The summed E-state index contributed by atoms with van der Waals surface area (Å²) in [6.07, 6.45) is 8.82. The first-order valence-electron chi connectivity index (χ1n) is 10.9. The summed E-state index contributed by atoms with van der Waals surface area (Å²) in [4.78, 5) is 11.3. The largest absolute Gasteiger partial charge is 0.496 e. The Morgan fingerprint density at radius 3 is 2.50 bits per heavy atom. The minimum Gasteiger partial charge on any atom is -0.496 e. The lowest BCUT2D eigenvalue weighted by Gasteiger charge is -2.19. The molecule has 36 heavy (non-hydrogen) atoms. The van der Waals surface area contributed by atoms with E-state index in [-0.39, 0.29) is 37.2 Å². The quantitative estimate of drug-likeness (QED) is 0.306. The van der Waals surface area contributed by atoms with Crippen LogP contribution in [0.1, 0.15) is 12.0 Å². The average Bonchev–Trinajstić information content (AvgIpc) is 3.50. The van der Waals surface area contributed by atoms with Crippen molar-refractivity contribution in [1.82, 2.24) is 19.7 Å². The maximum Gasteiger partial charge on any atom is 0.141 e. The number of rotatable bonds is 7. The first-order chi connectivity index (χ1) is 16.1. The first-order valence-corrected chi connectivity index (χ1v) is 11.3. The number of methoxy groups -OCH3 is 2. The van der Waals surface area contributed by atoms with Gasteiger partial charge in [-0.2, -0.15) is 0 Å². The van der Waals surface area contributed by atoms with E-state index in [0.29, 0.717) is 22.6 Å². The Labute approximate surface area is 234 Å². The Balaban J connectivity index is 0.00000152. The summed E-state index contributed by atoms with van der Waals surface area (Å²) in [5.41, 5.74) is 4.93. The molecule has 1 aliphatic rings. The van der Waals surface area contributed by atoms with Crippen molar-refractivity contribution in [2.45, 2.75) is 19.0 Å². The van der Waals surface area contributed by atoms with Crippen LogP contribution < -0.4 is 19.7 Å². The molecule has 0 bridgehead atoms. The normalized spacial score (nSPS) is 14.5. The number of hydrogen-bond donors (Lipinski definition) is 1.